The molecule has 0 aliphatic heterocycles. The van der Waals surface area contributed by atoms with Crippen molar-refractivity contribution in [3.63, 3.8) is 0 Å². The van der Waals surface area contributed by atoms with Crippen LogP contribution < -0.4 is 4.72 Å². The van der Waals surface area contributed by atoms with E-state index < -0.39 is 22.5 Å². The molecule has 5 nitrogen and oxygen atoms in total. The van der Waals surface area contributed by atoms with Crippen molar-refractivity contribution >= 4 is 38.9 Å². The molecule has 0 radical (unpaired) electrons. The zero-order valence-corrected chi connectivity index (χ0v) is 9.12. The number of nitrogens with one attached hydrogen (secondary N) is 1. The topological polar surface area (TPSA) is 83.5 Å². The van der Waals surface area contributed by atoms with Gasteiger partial charge in [-0.1, -0.05) is 11.6 Å². The Morgan fingerprint density at radius 2 is 2.21 bits per heavy atom. The lowest BCUT2D eigenvalue weighted by Crippen LogP contribution is -2.28. The molecule has 14 heavy (non-hydrogen) atoms. The number of hydrogen-bond donors (Lipinski definition) is 2. The quantitative estimate of drug-likeness (QED) is 0.832. The van der Waals surface area contributed by atoms with Crippen molar-refractivity contribution in [1.29, 1.82) is 0 Å². The average molecular weight is 256 g/mol. The second-order valence-corrected chi connectivity index (χ2v) is 5.99. The minimum Gasteiger partial charge on any atom is -0.480 e. The van der Waals surface area contributed by atoms with E-state index in [9.17, 15) is 13.2 Å². The summed E-state index contributed by atoms with van der Waals surface area (Å²) in [6, 6.07) is 2.75. The summed E-state index contributed by atoms with van der Waals surface area (Å²) in [4.78, 5) is 10.1. The van der Waals surface area contributed by atoms with Gasteiger partial charge in [0.15, 0.2) is 0 Å². The fourth-order valence-electron chi connectivity index (χ4n) is 0.670. The third-order valence-corrected chi connectivity index (χ3v) is 4.35. The summed E-state index contributed by atoms with van der Waals surface area (Å²) in [5.74, 6) is -1.24. The third kappa shape index (κ3) is 2.95. The lowest BCUT2D eigenvalue weighted by atomic mass is 10.7. The SMILES string of the molecule is O=C(O)CNS(=O)(=O)c1ccc(Cl)s1. The standard InChI is InChI=1S/C6H6ClNO4S2/c7-4-1-2-6(13-4)14(11,12)8-3-5(9)10/h1-2,8H,3H2,(H,9,10). The highest BCUT2D eigenvalue weighted by Gasteiger charge is 2.17. The number of aliphatic carboxylic acids is 1. The third-order valence-electron chi connectivity index (χ3n) is 1.23. The van der Waals surface area contributed by atoms with Crippen LogP contribution in [-0.2, 0) is 14.8 Å². The predicted octanol–water partition coefficient (Wildman–Crippen LogP) is 0.764. The van der Waals surface area contributed by atoms with Crippen LogP contribution in [0.2, 0.25) is 4.34 Å². The van der Waals surface area contributed by atoms with E-state index in [1.807, 2.05) is 4.72 Å². The van der Waals surface area contributed by atoms with Crippen LogP contribution >= 0.6 is 22.9 Å². The molecule has 0 spiro atoms. The normalized spacial score (nSPS) is 11.5. The average Bonchev–Trinajstić information content (AvgIpc) is 2.49. The summed E-state index contributed by atoms with van der Waals surface area (Å²) in [5.41, 5.74) is 0. The van der Waals surface area contributed by atoms with E-state index >= 15 is 0 Å². The molecule has 0 amide bonds. The van der Waals surface area contributed by atoms with E-state index in [2.05, 4.69) is 0 Å². The summed E-state index contributed by atoms with van der Waals surface area (Å²) in [5, 5.41) is 8.28. The Morgan fingerprint density at radius 1 is 1.57 bits per heavy atom. The number of carboxylic acids is 1. The van der Waals surface area contributed by atoms with Crippen LogP contribution in [0.25, 0.3) is 0 Å². The maximum atomic E-state index is 11.3. The smallest absolute Gasteiger partial charge is 0.318 e. The molecular formula is C6H6ClNO4S2. The van der Waals surface area contributed by atoms with E-state index in [1.165, 1.54) is 12.1 Å². The molecule has 0 atom stereocenters. The largest absolute Gasteiger partial charge is 0.480 e. The second-order valence-electron chi connectivity index (χ2n) is 2.28. The summed E-state index contributed by atoms with van der Waals surface area (Å²) in [6.07, 6.45) is 0. The van der Waals surface area contributed by atoms with Crippen LogP contribution in [0.1, 0.15) is 0 Å². The predicted molar refractivity (Wildman–Crippen MR) is 52.2 cm³/mol. The van der Waals surface area contributed by atoms with Crippen molar-refractivity contribution in [3.05, 3.63) is 16.5 Å². The van der Waals surface area contributed by atoms with Gasteiger partial charge in [0.05, 0.1) is 4.34 Å². The highest BCUT2D eigenvalue weighted by molar-refractivity contribution is 7.91. The van der Waals surface area contributed by atoms with Gasteiger partial charge in [-0.2, -0.15) is 4.72 Å². The van der Waals surface area contributed by atoms with Gasteiger partial charge in [-0.15, -0.1) is 11.3 Å². The lowest BCUT2D eigenvalue weighted by Gasteiger charge is -2.00. The monoisotopic (exact) mass is 255 g/mol. The Morgan fingerprint density at radius 3 is 2.64 bits per heavy atom. The first-order valence-corrected chi connectivity index (χ1v) is 6.06. The molecule has 8 heteroatoms. The fourth-order valence-corrected chi connectivity index (χ4v) is 3.17. The van der Waals surface area contributed by atoms with Crippen LogP contribution in [0.3, 0.4) is 0 Å². The molecule has 0 saturated carbocycles. The summed E-state index contributed by atoms with van der Waals surface area (Å²) in [6.45, 7) is -0.641. The van der Waals surface area contributed by atoms with Gasteiger partial charge in [0, 0.05) is 0 Å². The number of carbonyl (C=O) groups is 1. The zero-order chi connectivity index (χ0) is 10.8. The lowest BCUT2D eigenvalue weighted by molar-refractivity contribution is -0.135. The number of halogens is 1. The van der Waals surface area contributed by atoms with Gasteiger partial charge >= 0.3 is 5.97 Å². The van der Waals surface area contributed by atoms with Gasteiger partial charge in [0.1, 0.15) is 10.8 Å². The molecule has 0 unspecified atom stereocenters. The molecule has 0 aliphatic carbocycles. The first kappa shape index (κ1) is 11.4. The van der Waals surface area contributed by atoms with E-state index in [-0.39, 0.29) is 4.21 Å². The number of hydrogen-bond acceptors (Lipinski definition) is 4. The molecule has 1 heterocycles. The highest BCUT2D eigenvalue weighted by Crippen LogP contribution is 2.24. The van der Waals surface area contributed by atoms with E-state index in [0.29, 0.717) is 4.34 Å². The maximum Gasteiger partial charge on any atom is 0.318 e. The van der Waals surface area contributed by atoms with Crippen molar-refractivity contribution in [2.45, 2.75) is 4.21 Å². The number of sulfonamides is 1. The summed E-state index contributed by atoms with van der Waals surface area (Å²) < 4.78 is 24.9. The minimum atomic E-state index is -3.73. The van der Waals surface area contributed by atoms with Crippen molar-refractivity contribution in [3.8, 4) is 0 Å². The van der Waals surface area contributed by atoms with Gasteiger partial charge in [-0.25, -0.2) is 8.42 Å². The van der Waals surface area contributed by atoms with Crippen LogP contribution in [0.5, 0.6) is 0 Å². The van der Waals surface area contributed by atoms with Crippen LogP contribution in [0.15, 0.2) is 16.3 Å². The van der Waals surface area contributed by atoms with Gasteiger partial charge in [-0.05, 0) is 12.1 Å². The zero-order valence-electron chi connectivity index (χ0n) is 6.73. The number of carboxylic acid groups (broad SMARTS) is 1. The van der Waals surface area contributed by atoms with Gasteiger partial charge in [0.2, 0.25) is 0 Å². The summed E-state index contributed by atoms with van der Waals surface area (Å²) >= 11 is 6.41. The number of thiophene rings is 1. The van der Waals surface area contributed by atoms with Crippen molar-refractivity contribution in [2.75, 3.05) is 6.54 Å². The molecule has 78 valence electrons. The first-order chi connectivity index (χ1) is 6.42. The van der Waals surface area contributed by atoms with Crippen molar-refractivity contribution < 1.29 is 18.3 Å². The van der Waals surface area contributed by atoms with Crippen LogP contribution in [-0.4, -0.2) is 26.0 Å². The van der Waals surface area contributed by atoms with Crippen molar-refractivity contribution in [2.24, 2.45) is 0 Å². The Bertz CT molecular complexity index is 438. The van der Waals surface area contributed by atoms with E-state index in [0.717, 1.165) is 11.3 Å². The molecular weight excluding hydrogens is 250 g/mol. The van der Waals surface area contributed by atoms with Crippen molar-refractivity contribution in [1.82, 2.24) is 4.72 Å². The van der Waals surface area contributed by atoms with Gasteiger partial charge in [0.25, 0.3) is 10.0 Å². The molecule has 0 aromatic carbocycles. The first-order valence-electron chi connectivity index (χ1n) is 3.38. The van der Waals surface area contributed by atoms with E-state index in [1.54, 1.807) is 0 Å². The second kappa shape index (κ2) is 4.26. The maximum absolute atomic E-state index is 11.3. The number of rotatable bonds is 4. The minimum absolute atomic E-state index is 0.00347. The Balaban J connectivity index is 2.81. The summed E-state index contributed by atoms with van der Waals surface area (Å²) in [7, 11) is -3.73. The highest BCUT2D eigenvalue weighted by atomic mass is 35.5. The Hall–Kier alpha value is -0.630. The molecule has 0 saturated heterocycles. The molecule has 1 rings (SSSR count). The van der Waals surface area contributed by atoms with Crippen LogP contribution in [0, 0.1) is 0 Å². The van der Waals surface area contributed by atoms with Gasteiger partial charge in [-0.3, -0.25) is 4.79 Å². The van der Waals surface area contributed by atoms with Crippen LogP contribution in [0.4, 0.5) is 0 Å². The Kier molecular flexibility index (Phi) is 3.48. The van der Waals surface area contributed by atoms with Gasteiger partial charge < -0.3 is 5.11 Å². The molecule has 1 aromatic rings. The molecule has 0 fully saturated rings. The Labute approximate surface area is 89.4 Å². The molecule has 0 aliphatic rings. The fraction of sp³-hybridized carbons (Fsp3) is 0.167. The van der Waals surface area contributed by atoms with E-state index in [4.69, 9.17) is 16.7 Å². The molecule has 1 aromatic heterocycles. The molecule has 2 N–H and O–H groups in total. The molecule has 0 bridgehead atoms.